The van der Waals surface area contributed by atoms with Gasteiger partial charge in [0.1, 0.15) is 5.69 Å². The highest BCUT2D eigenvalue weighted by molar-refractivity contribution is 9.10. The Hall–Kier alpha value is -1.72. The summed E-state index contributed by atoms with van der Waals surface area (Å²) in [5.74, 6) is -0.293. The SMILES string of the molecule is O=C(N[C@@H]1c2ccccc2C[C@@H]1O)c1ncccc1Br. The predicted octanol–water partition coefficient (Wildman–Crippen LogP) is 2.23. The van der Waals surface area contributed by atoms with Crippen molar-refractivity contribution in [2.75, 3.05) is 0 Å². The van der Waals surface area contributed by atoms with Crippen molar-refractivity contribution in [3.63, 3.8) is 0 Å². The van der Waals surface area contributed by atoms with Crippen molar-refractivity contribution >= 4 is 21.8 Å². The minimum absolute atomic E-state index is 0.293. The number of pyridine rings is 1. The van der Waals surface area contributed by atoms with E-state index in [0.29, 0.717) is 16.6 Å². The molecule has 1 amide bonds. The Balaban J connectivity index is 1.85. The summed E-state index contributed by atoms with van der Waals surface area (Å²) in [6.45, 7) is 0. The van der Waals surface area contributed by atoms with Gasteiger partial charge in [-0.15, -0.1) is 0 Å². The lowest BCUT2D eigenvalue weighted by Crippen LogP contribution is -2.34. The Bertz CT molecular complexity index is 660. The fourth-order valence-corrected chi connectivity index (χ4v) is 2.95. The summed E-state index contributed by atoms with van der Waals surface area (Å²) < 4.78 is 0.637. The zero-order valence-electron chi connectivity index (χ0n) is 10.6. The molecule has 0 saturated carbocycles. The molecule has 0 spiro atoms. The van der Waals surface area contributed by atoms with Crippen molar-refractivity contribution in [1.82, 2.24) is 10.3 Å². The standard InChI is InChI=1S/C15H13BrN2O2/c16-11-6-3-7-17-14(11)15(20)18-13-10-5-2-1-4-9(10)8-12(13)19/h1-7,12-13,19H,8H2,(H,18,20)/t12-,13+/m0/s1. The van der Waals surface area contributed by atoms with Crippen LogP contribution in [0.1, 0.15) is 27.7 Å². The quantitative estimate of drug-likeness (QED) is 0.886. The van der Waals surface area contributed by atoms with E-state index in [2.05, 4.69) is 26.2 Å². The zero-order chi connectivity index (χ0) is 14.1. The largest absolute Gasteiger partial charge is 0.390 e. The van der Waals surface area contributed by atoms with Crippen LogP contribution in [0.15, 0.2) is 47.1 Å². The molecule has 1 aromatic heterocycles. The van der Waals surface area contributed by atoms with Crippen LogP contribution in [0, 0.1) is 0 Å². The van der Waals surface area contributed by atoms with E-state index in [1.165, 1.54) is 0 Å². The summed E-state index contributed by atoms with van der Waals surface area (Å²) in [6, 6.07) is 10.9. The molecule has 4 nitrogen and oxygen atoms in total. The lowest BCUT2D eigenvalue weighted by atomic mass is 10.1. The molecule has 0 fully saturated rings. The molecule has 0 bridgehead atoms. The van der Waals surface area contributed by atoms with Gasteiger partial charge in [0.05, 0.1) is 12.1 Å². The summed E-state index contributed by atoms with van der Waals surface area (Å²) in [7, 11) is 0. The van der Waals surface area contributed by atoms with Crippen molar-refractivity contribution in [1.29, 1.82) is 0 Å². The van der Waals surface area contributed by atoms with Crippen LogP contribution in [0.3, 0.4) is 0 Å². The number of benzene rings is 1. The Labute approximate surface area is 125 Å². The molecule has 1 aromatic carbocycles. The first kappa shape index (κ1) is 13.3. The van der Waals surface area contributed by atoms with E-state index >= 15 is 0 Å². The van der Waals surface area contributed by atoms with Crippen LogP contribution >= 0.6 is 15.9 Å². The summed E-state index contributed by atoms with van der Waals surface area (Å²) >= 11 is 3.31. The first-order valence-electron chi connectivity index (χ1n) is 6.34. The Morgan fingerprint density at radius 3 is 2.90 bits per heavy atom. The van der Waals surface area contributed by atoms with Crippen LogP contribution in [0.5, 0.6) is 0 Å². The number of halogens is 1. The molecule has 2 N–H and O–H groups in total. The van der Waals surface area contributed by atoms with Gasteiger partial charge in [-0.3, -0.25) is 4.79 Å². The van der Waals surface area contributed by atoms with E-state index in [9.17, 15) is 9.90 Å². The van der Waals surface area contributed by atoms with Gasteiger partial charge in [-0.25, -0.2) is 4.98 Å². The molecule has 0 unspecified atom stereocenters. The number of aliphatic hydroxyl groups is 1. The maximum absolute atomic E-state index is 12.3. The molecule has 20 heavy (non-hydrogen) atoms. The van der Waals surface area contributed by atoms with Crippen LogP contribution in [-0.4, -0.2) is 22.1 Å². The van der Waals surface area contributed by atoms with Gasteiger partial charge in [0, 0.05) is 17.1 Å². The lowest BCUT2D eigenvalue weighted by molar-refractivity contribution is 0.0852. The Kier molecular flexibility index (Phi) is 3.54. The smallest absolute Gasteiger partial charge is 0.271 e. The van der Waals surface area contributed by atoms with Gasteiger partial charge >= 0.3 is 0 Å². The van der Waals surface area contributed by atoms with Gasteiger partial charge in [-0.1, -0.05) is 24.3 Å². The molecule has 2 aromatic rings. The summed E-state index contributed by atoms with van der Waals surface area (Å²) in [5.41, 5.74) is 2.37. The van der Waals surface area contributed by atoms with Gasteiger partial charge in [-0.05, 0) is 39.2 Å². The number of fused-ring (bicyclic) bond motifs is 1. The number of hydrogen-bond acceptors (Lipinski definition) is 3. The highest BCUT2D eigenvalue weighted by Gasteiger charge is 2.32. The fourth-order valence-electron chi connectivity index (χ4n) is 2.51. The molecule has 3 rings (SSSR count). The normalized spacial score (nSPS) is 20.5. The highest BCUT2D eigenvalue weighted by Crippen LogP contribution is 2.31. The molecular weight excluding hydrogens is 320 g/mol. The summed E-state index contributed by atoms with van der Waals surface area (Å²) in [5, 5.41) is 13.0. The number of amides is 1. The molecule has 0 saturated heterocycles. The monoisotopic (exact) mass is 332 g/mol. The molecular formula is C15H13BrN2O2. The van der Waals surface area contributed by atoms with E-state index in [1.807, 2.05) is 24.3 Å². The Morgan fingerprint density at radius 2 is 2.10 bits per heavy atom. The van der Waals surface area contributed by atoms with Gasteiger partial charge in [0.15, 0.2) is 0 Å². The van der Waals surface area contributed by atoms with Crippen LogP contribution in [0.2, 0.25) is 0 Å². The second kappa shape index (κ2) is 5.34. The Morgan fingerprint density at radius 1 is 1.30 bits per heavy atom. The van der Waals surface area contributed by atoms with Crippen LogP contribution in [-0.2, 0) is 6.42 Å². The van der Waals surface area contributed by atoms with Crippen molar-refractivity contribution in [2.45, 2.75) is 18.6 Å². The van der Waals surface area contributed by atoms with Gasteiger partial charge in [-0.2, -0.15) is 0 Å². The maximum Gasteiger partial charge on any atom is 0.271 e. The van der Waals surface area contributed by atoms with E-state index in [1.54, 1.807) is 18.3 Å². The van der Waals surface area contributed by atoms with Crippen LogP contribution < -0.4 is 5.32 Å². The summed E-state index contributed by atoms with van der Waals surface area (Å²) in [6.07, 6.45) is 1.53. The molecule has 2 atom stereocenters. The molecule has 1 heterocycles. The number of rotatable bonds is 2. The minimum atomic E-state index is -0.598. The molecule has 5 heteroatoms. The number of carbonyl (C=O) groups is 1. The van der Waals surface area contributed by atoms with Crippen molar-refractivity contribution < 1.29 is 9.90 Å². The third kappa shape index (κ3) is 2.34. The van der Waals surface area contributed by atoms with E-state index < -0.39 is 6.10 Å². The maximum atomic E-state index is 12.3. The van der Waals surface area contributed by atoms with E-state index in [-0.39, 0.29) is 11.9 Å². The average Bonchev–Trinajstić information content (AvgIpc) is 2.76. The predicted molar refractivity (Wildman–Crippen MR) is 78.3 cm³/mol. The first-order valence-corrected chi connectivity index (χ1v) is 7.13. The molecule has 1 aliphatic rings. The van der Waals surface area contributed by atoms with Gasteiger partial charge < -0.3 is 10.4 Å². The van der Waals surface area contributed by atoms with Gasteiger partial charge in [0.25, 0.3) is 5.91 Å². The summed E-state index contributed by atoms with van der Waals surface area (Å²) in [4.78, 5) is 16.3. The first-order chi connectivity index (χ1) is 9.66. The zero-order valence-corrected chi connectivity index (χ0v) is 12.2. The van der Waals surface area contributed by atoms with E-state index in [0.717, 1.165) is 11.1 Å². The van der Waals surface area contributed by atoms with Crippen molar-refractivity contribution in [2.24, 2.45) is 0 Å². The molecule has 0 aliphatic heterocycles. The number of aliphatic hydroxyl groups excluding tert-OH is 1. The number of nitrogens with zero attached hydrogens (tertiary/aromatic N) is 1. The van der Waals surface area contributed by atoms with Crippen LogP contribution in [0.4, 0.5) is 0 Å². The highest BCUT2D eigenvalue weighted by atomic mass is 79.9. The van der Waals surface area contributed by atoms with Crippen molar-refractivity contribution in [3.8, 4) is 0 Å². The van der Waals surface area contributed by atoms with Crippen LogP contribution in [0.25, 0.3) is 0 Å². The average molecular weight is 333 g/mol. The topological polar surface area (TPSA) is 62.2 Å². The number of carbonyl (C=O) groups excluding carboxylic acids is 1. The molecule has 102 valence electrons. The van der Waals surface area contributed by atoms with Gasteiger partial charge in [0.2, 0.25) is 0 Å². The van der Waals surface area contributed by atoms with E-state index in [4.69, 9.17) is 0 Å². The number of nitrogens with one attached hydrogen (secondary N) is 1. The number of hydrogen-bond donors (Lipinski definition) is 2. The third-order valence-electron chi connectivity index (χ3n) is 3.46. The third-order valence-corrected chi connectivity index (χ3v) is 4.10. The minimum Gasteiger partial charge on any atom is -0.390 e. The van der Waals surface area contributed by atoms with Crippen molar-refractivity contribution in [3.05, 3.63) is 63.9 Å². The molecule has 1 aliphatic carbocycles. The lowest BCUT2D eigenvalue weighted by Gasteiger charge is -2.18. The molecule has 0 radical (unpaired) electrons. The number of aromatic nitrogens is 1. The second-order valence-electron chi connectivity index (χ2n) is 4.76. The fraction of sp³-hybridized carbons (Fsp3) is 0.200. The second-order valence-corrected chi connectivity index (χ2v) is 5.61.